The van der Waals surface area contributed by atoms with Crippen molar-refractivity contribution >= 4 is 35.5 Å². The number of carbonyl (C=O) groups is 4. The van der Waals surface area contributed by atoms with Gasteiger partial charge in [0.1, 0.15) is 23.9 Å². The molecule has 0 saturated carbocycles. The number of aliphatic carboxylic acids is 2. The summed E-state index contributed by atoms with van der Waals surface area (Å²) in [5.41, 5.74) is 11.7. The van der Waals surface area contributed by atoms with Crippen molar-refractivity contribution < 1.29 is 34.5 Å². The Kier molecular flexibility index (Phi) is 12.9. The maximum absolute atomic E-state index is 12.8. The van der Waals surface area contributed by atoms with E-state index in [1.54, 1.807) is 12.1 Å². The normalized spacial score (nSPS) is 13.5. The second-order valence-corrected chi connectivity index (χ2v) is 8.50. The number of unbranched alkanes of at least 4 members (excludes halogenated alkanes) is 1. The predicted molar refractivity (Wildman–Crippen MR) is 124 cm³/mol. The summed E-state index contributed by atoms with van der Waals surface area (Å²) >= 11 is 1.34. The molecule has 0 spiro atoms. The van der Waals surface area contributed by atoms with E-state index in [-0.39, 0.29) is 30.8 Å². The molecule has 2 amide bonds. The summed E-state index contributed by atoms with van der Waals surface area (Å²) < 4.78 is 0. The van der Waals surface area contributed by atoms with Crippen molar-refractivity contribution in [2.45, 2.75) is 56.0 Å². The van der Waals surface area contributed by atoms with E-state index in [0.717, 1.165) is 5.56 Å². The van der Waals surface area contributed by atoms with Crippen molar-refractivity contribution in [1.82, 2.24) is 10.6 Å². The number of carbonyl (C=O) groups excluding carboxylic acids is 2. The number of benzene rings is 1. The Balaban J connectivity index is 2.77. The van der Waals surface area contributed by atoms with Gasteiger partial charge in [0.2, 0.25) is 11.8 Å². The number of amides is 2. The molecule has 3 unspecified atom stereocenters. The smallest absolute Gasteiger partial charge is 0.326 e. The van der Waals surface area contributed by atoms with E-state index >= 15 is 0 Å². The van der Waals surface area contributed by atoms with Gasteiger partial charge < -0.3 is 37.4 Å². The molecular weight excluding hydrogens is 452 g/mol. The number of thioether (sulfide) groups is 1. The van der Waals surface area contributed by atoms with Gasteiger partial charge in [-0.15, -0.1) is 0 Å². The molecule has 0 fully saturated rings. The summed E-state index contributed by atoms with van der Waals surface area (Å²) in [6, 6.07) is 3.16. The molecule has 0 bridgehead atoms. The first-order chi connectivity index (χ1) is 15.6. The van der Waals surface area contributed by atoms with Crippen molar-refractivity contribution in [2.75, 3.05) is 12.3 Å². The second kappa shape index (κ2) is 15.1. The Labute approximate surface area is 196 Å². The molecule has 0 heterocycles. The highest BCUT2D eigenvalue weighted by Crippen LogP contribution is 2.17. The lowest BCUT2D eigenvalue weighted by Crippen LogP contribution is -2.52. The van der Waals surface area contributed by atoms with Crippen LogP contribution in [0.5, 0.6) is 5.75 Å². The molecule has 33 heavy (non-hydrogen) atoms. The summed E-state index contributed by atoms with van der Waals surface area (Å²) in [4.78, 5) is 47.4. The van der Waals surface area contributed by atoms with Gasteiger partial charge >= 0.3 is 11.9 Å². The summed E-state index contributed by atoms with van der Waals surface area (Å²) in [6.07, 6.45) is 1.04. The number of aromatic hydroxyl groups is 1. The van der Waals surface area contributed by atoms with Gasteiger partial charge in [-0.2, -0.15) is 11.8 Å². The summed E-state index contributed by atoms with van der Waals surface area (Å²) in [6.45, 7) is 0.408. The molecule has 3 atom stereocenters. The zero-order valence-electron chi connectivity index (χ0n) is 18.2. The molecular formula is C21H32N4O7S. The minimum absolute atomic E-state index is 0.104. The summed E-state index contributed by atoms with van der Waals surface area (Å²) in [5, 5.41) is 32.6. The molecule has 1 aromatic carbocycles. The molecule has 1 aromatic rings. The van der Waals surface area contributed by atoms with Crippen LogP contribution in [-0.2, 0) is 24.9 Å². The van der Waals surface area contributed by atoms with Crippen molar-refractivity contribution in [1.29, 1.82) is 0 Å². The number of phenols is 1. The lowest BCUT2D eigenvalue weighted by atomic mass is 10.1. The molecule has 0 aromatic heterocycles. The highest BCUT2D eigenvalue weighted by Gasteiger charge is 2.26. The van der Waals surface area contributed by atoms with Gasteiger partial charge in [0.05, 0.1) is 0 Å². The third-order valence-electron chi connectivity index (χ3n) is 4.70. The topological polar surface area (TPSA) is 205 Å². The van der Waals surface area contributed by atoms with E-state index in [0.29, 0.717) is 25.1 Å². The molecule has 0 aliphatic rings. The Morgan fingerprint density at radius 3 is 2.18 bits per heavy atom. The van der Waals surface area contributed by atoms with E-state index in [1.165, 1.54) is 23.9 Å². The number of phenolic OH excluding ortho intramolecular Hbond substituents is 1. The average Bonchev–Trinajstić information content (AvgIpc) is 2.77. The van der Waals surface area contributed by atoms with E-state index in [4.69, 9.17) is 16.6 Å². The van der Waals surface area contributed by atoms with Gasteiger partial charge in [0, 0.05) is 17.9 Å². The van der Waals surface area contributed by atoms with Gasteiger partial charge in [-0.25, -0.2) is 4.79 Å². The monoisotopic (exact) mass is 484 g/mol. The van der Waals surface area contributed by atoms with Gasteiger partial charge in [0.25, 0.3) is 0 Å². The van der Waals surface area contributed by atoms with Crippen LogP contribution in [0.3, 0.4) is 0 Å². The average molecular weight is 485 g/mol. The van der Waals surface area contributed by atoms with Gasteiger partial charge in [-0.1, -0.05) is 12.1 Å². The van der Waals surface area contributed by atoms with Crippen LogP contribution >= 0.6 is 11.8 Å². The van der Waals surface area contributed by atoms with E-state index in [9.17, 15) is 29.4 Å². The fraction of sp³-hybridized carbons (Fsp3) is 0.524. The Morgan fingerprint density at radius 2 is 1.61 bits per heavy atom. The minimum Gasteiger partial charge on any atom is -0.508 e. The number of carboxylic acid groups (broad SMARTS) is 2. The number of hydrogen-bond donors (Lipinski definition) is 7. The fourth-order valence-electron chi connectivity index (χ4n) is 2.77. The molecule has 11 nitrogen and oxygen atoms in total. The van der Waals surface area contributed by atoms with Crippen LogP contribution in [0, 0.1) is 0 Å². The molecule has 0 radical (unpaired) electrons. The van der Waals surface area contributed by atoms with Crippen LogP contribution in [0.2, 0.25) is 0 Å². The highest BCUT2D eigenvalue weighted by molar-refractivity contribution is 7.98. The molecule has 0 saturated heterocycles. The first-order valence-electron chi connectivity index (χ1n) is 10.5. The summed E-state index contributed by atoms with van der Waals surface area (Å²) in [7, 11) is 0. The van der Waals surface area contributed by atoms with Crippen LogP contribution in [-0.4, -0.2) is 69.5 Å². The number of hydrogen-bond acceptors (Lipinski definition) is 8. The molecule has 184 valence electrons. The van der Waals surface area contributed by atoms with E-state index in [2.05, 4.69) is 10.6 Å². The Hall–Kier alpha value is -2.83. The van der Waals surface area contributed by atoms with Crippen molar-refractivity contribution in [3.8, 4) is 5.75 Å². The second-order valence-electron chi connectivity index (χ2n) is 7.47. The maximum atomic E-state index is 12.8. The largest absolute Gasteiger partial charge is 0.508 e. The quantitative estimate of drug-likeness (QED) is 0.156. The lowest BCUT2D eigenvalue weighted by Gasteiger charge is -2.21. The Bertz CT molecular complexity index is 791. The lowest BCUT2D eigenvalue weighted by molar-refractivity contribution is -0.142. The SMILES string of the molecule is NCCCCC(NC(=O)C(CSCc1ccc(O)cc1)NC(=O)CCC(N)C(=O)O)C(=O)O. The van der Waals surface area contributed by atoms with Crippen LogP contribution in [0.4, 0.5) is 0 Å². The predicted octanol–water partition coefficient (Wildman–Crippen LogP) is 0.000700. The zero-order valence-corrected chi connectivity index (χ0v) is 19.1. The van der Waals surface area contributed by atoms with E-state index in [1.807, 2.05) is 0 Å². The molecule has 12 heteroatoms. The molecule has 0 aliphatic heterocycles. The number of nitrogens with one attached hydrogen (secondary N) is 2. The maximum Gasteiger partial charge on any atom is 0.326 e. The molecule has 1 rings (SSSR count). The van der Waals surface area contributed by atoms with Gasteiger partial charge in [-0.3, -0.25) is 14.4 Å². The van der Waals surface area contributed by atoms with E-state index < -0.39 is 41.9 Å². The standard InChI is InChI=1S/C21H32N4O7S/c22-10-2-1-3-16(21(31)32)25-19(28)17(24-18(27)9-8-15(23)20(29)30)12-33-11-13-4-6-14(26)7-5-13/h4-7,15-17,26H,1-3,8-12,22-23H2,(H,24,27)(H,25,28)(H,29,30)(H,31,32). The fourth-order valence-corrected chi connectivity index (χ4v) is 3.79. The third-order valence-corrected chi connectivity index (χ3v) is 5.81. The van der Waals surface area contributed by atoms with Crippen molar-refractivity contribution in [3.05, 3.63) is 29.8 Å². The van der Waals surface area contributed by atoms with Crippen LogP contribution in [0.1, 0.15) is 37.7 Å². The Morgan fingerprint density at radius 1 is 0.939 bits per heavy atom. The summed E-state index contributed by atoms with van der Waals surface area (Å²) in [5.74, 6) is -2.86. The first-order valence-corrected chi connectivity index (χ1v) is 11.7. The number of carboxylic acids is 2. The number of nitrogens with two attached hydrogens (primary N) is 2. The first kappa shape index (κ1) is 28.2. The van der Waals surface area contributed by atoms with Gasteiger partial charge in [0.15, 0.2) is 0 Å². The van der Waals surface area contributed by atoms with Crippen molar-refractivity contribution in [3.63, 3.8) is 0 Å². The third kappa shape index (κ3) is 11.6. The van der Waals surface area contributed by atoms with Crippen LogP contribution in [0.15, 0.2) is 24.3 Å². The minimum atomic E-state index is -1.23. The van der Waals surface area contributed by atoms with Crippen LogP contribution in [0.25, 0.3) is 0 Å². The number of rotatable bonds is 16. The van der Waals surface area contributed by atoms with Crippen LogP contribution < -0.4 is 22.1 Å². The zero-order chi connectivity index (χ0) is 24.8. The molecule has 9 N–H and O–H groups in total. The van der Waals surface area contributed by atoms with Gasteiger partial charge in [-0.05, 0) is 49.9 Å². The molecule has 0 aliphatic carbocycles. The highest BCUT2D eigenvalue weighted by atomic mass is 32.2. The van der Waals surface area contributed by atoms with Crippen molar-refractivity contribution in [2.24, 2.45) is 11.5 Å².